The Morgan fingerprint density at radius 2 is 1.08 bits per heavy atom. The highest BCUT2D eigenvalue weighted by Crippen LogP contribution is 2.14. The Bertz CT molecular complexity index is 285. The van der Waals surface area contributed by atoms with Crippen molar-refractivity contribution in [2.24, 2.45) is 0 Å². The topological polar surface area (TPSA) is 20.2 Å². The molecule has 0 amide bonds. The third-order valence-electron chi connectivity index (χ3n) is 5.48. The van der Waals surface area contributed by atoms with Gasteiger partial charge in [-0.05, 0) is 18.9 Å². The molecular weight excluding hydrogens is 342 g/mol. The molecule has 0 saturated carbocycles. The summed E-state index contributed by atoms with van der Waals surface area (Å²) < 4.78 is 1.04. The van der Waals surface area contributed by atoms with E-state index < -0.39 is 0 Å². The van der Waals surface area contributed by atoms with Crippen molar-refractivity contribution >= 4 is 0 Å². The van der Waals surface area contributed by atoms with Gasteiger partial charge in [-0.1, -0.05) is 90.6 Å². The SMILES string of the molecule is C=CC[N+](C)(CCCO)CCCCCCCCCCCCCCCC.[Cl-]. The van der Waals surface area contributed by atoms with Crippen LogP contribution in [0.3, 0.4) is 0 Å². The van der Waals surface area contributed by atoms with E-state index in [9.17, 15) is 0 Å². The second-order valence-electron chi connectivity index (χ2n) is 8.21. The Labute approximate surface area is 171 Å². The van der Waals surface area contributed by atoms with Crippen molar-refractivity contribution in [2.75, 3.05) is 33.3 Å². The van der Waals surface area contributed by atoms with Gasteiger partial charge in [-0.3, -0.25) is 0 Å². The highest BCUT2D eigenvalue weighted by atomic mass is 35.5. The predicted molar refractivity (Wildman–Crippen MR) is 113 cm³/mol. The predicted octanol–water partition coefficient (Wildman–Crippen LogP) is 3.49. The number of unbranched alkanes of at least 4 members (excludes halogenated alkanes) is 13. The van der Waals surface area contributed by atoms with Crippen molar-refractivity contribution in [1.82, 2.24) is 0 Å². The van der Waals surface area contributed by atoms with Gasteiger partial charge in [-0.15, -0.1) is 0 Å². The minimum Gasteiger partial charge on any atom is -1.00 e. The molecule has 158 valence electrons. The van der Waals surface area contributed by atoms with E-state index in [-0.39, 0.29) is 12.4 Å². The normalized spacial score (nSPS) is 13.2. The van der Waals surface area contributed by atoms with E-state index in [0.29, 0.717) is 6.61 Å². The Morgan fingerprint density at radius 1 is 0.692 bits per heavy atom. The quantitative estimate of drug-likeness (QED) is 0.192. The van der Waals surface area contributed by atoms with Gasteiger partial charge >= 0.3 is 0 Å². The highest BCUT2D eigenvalue weighted by molar-refractivity contribution is 4.65. The van der Waals surface area contributed by atoms with Gasteiger partial charge in [0.1, 0.15) is 0 Å². The minimum absolute atomic E-state index is 0. The lowest BCUT2D eigenvalue weighted by atomic mass is 10.0. The van der Waals surface area contributed by atoms with E-state index in [1.807, 2.05) is 6.08 Å². The molecule has 0 aliphatic carbocycles. The highest BCUT2D eigenvalue weighted by Gasteiger charge is 2.18. The maximum Gasteiger partial charge on any atom is 0.0969 e. The molecule has 0 radical (unpaired) electrons. The first kappa shape index (κ1) is 28.2. The zero-order chi connectivity index (χ0) is 18.6. The lowest BCUT2D eigenvalue weighted by molar-refractivity contribution is -0.904. The summed E-state index contributed by atoms with van der Waals surface area (Å²) in [4.78, 5) is 0. The van der Waals surface area contributed by atoms with Crippen LogP contribution in [0.1, 0.15) is 103 Å². The Hall–Kier alpha value is -0.0500. The molecule has 0 aliphatic heterocycles. The van der Waals surface area contributed by atoms with Crippen molar-refractivity contribution in [3.63, 3.8) is 0 Å². The second kappa shape index (κ2) is 21.3. The summed E-state index contributed by atoms with van der Waals surface area (Å²) in [5, 5.41) is 9.06. The summed E-state index contributed by atoms with van der Waals surface area (Å²) in [6, 6.07) is 0. The molecule has 1 atom stereocenters. The molecule has 1 N–H and O–H groups in total. The number of nitrogens with zero attached hydrogens (tertiary/aromatic N) is 1. The summed E-state index contributed by atoms with van der Waals surface area (Å²) >= 11 is 0. The molecule has 3 heteroatoms. The molecule has 0 bridgehead atoms. The largest absolute Gasteiger partial charge is 1.00 e. The molecule has 2 nitrogen and oxygen atoms in total. The second-order valence-corrected chi connectivity index (χ2v) is 8.21. The number of quaternary nitrogens is 1. The minimum atomic E-state index is 0. The number of halogens is 1. The standard InChI is InChI=1S/C23H48NO.ClH/c1-4-6-7-8-9-10-11-12-13-14-15-16-17-18-21-24(3,20-5-2)22-19-23-25;/h5,25H,2,4,6-23H2,1,3H3;1H/q+1;/p-1. The monoisotopic (exact) mass is 389 g/mol. The van der Waals surface area contributed by atoms with Crippen LogP contribution in [0.25, 0.3) is 0 Å². The van der Waals surface area contributed by atoms with Gasteiger partial charge in [0.25, 0.3) is 0 Å². The first-order valence-corrected chi connectivity index (χ1v) is 11.2. The smallest absolute Gasteiger partial charge is 0.0969 e. The molecule has 0 aliphatic rings. The Balaban J connectivity index is 0. The molecule has 0 fully saturated rings. The number of aliphatic hydroxyl groups is 1. The number of likely N-dealkylation sites (N-methyl/N-ethyl adjacent to an activating group) is 1. The number of hydrogen-bond donors (Lipinski definition) is 1. The van der Waals surface area contributed by atoms with Crippen LogP contribution in [-0.4, -0.2) is 42.9 Å². The molecule has 0 aromatic rings. The Morgan fingerprint density at radius 3 is 1.46 bits per heavy atom. The first-order valence-electron chi connectivity index (χ1n) is 11.2. The summed E-state index contributed by atoms with van der Waals surface area (Å²) in [5.74, 6) is 0. The third-order valence-corrected chi connectivity index (χ3v) is 5.48. The van der Waals surface area contributed by atoms with Gasteiger partial charge < -0.3 is 22.0 Å². The fraction of sp³-hybridized carbons (Fsp3) is 0.913. The zero-order valence-corrected chi connectivity index (χ0v) is 18.7. The molecule has 0 saturated heterocycles. The summed E-state index contributed by atoms with van der Waals surface area (Å²) in [6.45, 7) is 9.81. The van der Waals surface area contributed by atoms with Gasteiger partial charge in [-0.2, -0.15) is 0 Å². The van der Waals surface area contributed by atoms with Crippen LogP contribution < -0.4 is 12.4 Å². The molecule has 0 heterocycles. The van der Waals surface area contributed by atoms with Crippen LogP contribution >= 0.6 is 0 Å². The van der Waals surface area contributed by atoms with Crippen molar-refractivity contribution in [3.8, 4) is 0 Å². The van der Waals surface area contributed by atoms with E-state index in [2.05, 4.69) is 20.6 Å². The van der Waals surface area contributed by atoms with Crippen molar-refractivity contribution in [1.29, 1.82) is 0 Å². The maximum absolute atomic E-state index is 9.06. The number of rotatable bonds is 20. The molecular formula is C23H48ClNO. The van der Waals surface area contributed by atoms with Crippen LogP contribution in [0.5, 0.6) is 0 Å². The van der Waals surface area contributed by atoms with Gasteiger partial charge in [0.05, 0.1) is 26.7 Å². The van der Waals surface area contributed by atoms with Crippen molar-refractivity contribution in [3.05, 3.63) is 12.7 Å². The van der Waals surface area contributed by atoms with Gasteiger partial charge in [0, 0.05) is 13.0 Å². The van der Waals surface area contributed by atoms with Crippen LogP contribution in [0.15, 0.2) is 12.7 Å². The third kappa shape index (κ3) is 18.7. The molecule has 1 unspecified atom stereocenters. The van der Waals surface area contributed by atoms with Gasteiger partial charge in [0.15, 0.2) is 0 Å². The Kier molecular flexibility index (Phi) is 23.0. The fourth-order valence-corrected chi connectivity index (χ4v) is 3.75. The molecule has 0 aromatic heterocycles. The van der Waals surface area contributed by atoms with Crippen molar-refractivity contribution in [2.45, 2.75) is 103 Å². The number of hydrogen-bond acceptors (Lipinski definition) is 1. The average molecular weight is 390 g/mol. The summed E-state index contributed by atoms with van der Waals surface area (Å²) in [7, 11) is 2.31. The average Bonchev–Trinajstić information content (AvgIpc) is 2.60. The van der Waals surface area contributed by atoms with Crippen LogP contribution in [-0.2, 0) is 0 Å². The van der Waals surface area contributed by atoms with E-state index in [1.165, 1.54) is 96.4 Å². The molecule has 0 spiro atoms. The van der Waals surface area contributed by atoms with E-state index in [1.54, 1.807) is 0 Å². The molecule has 0 rings (SSSR count). The summed E-state index contributed by atoms with van der Waals surface area (Å²) in [5.41, 5.74) is 0. The summed E-state index contributed by atoms with van der Waals surface area (Å²) in [6.07, 6.45) is 22.8. The van der Waals surface area contributed by atoms with E-state index in [0.717, 1.165) is 24.0 Å². The maximum atomic E-state index is 9.06. The van der Waals surface area contributed by atoms with E-state index >= 15 is 0 Å². The fourth-order valence-electron chi connectivity index (χ4n) is 3.75. The van der Waals surface area contributed by atoms with Crippen LogP contribution in [0, 0.1) is 0 Å². The van der Waals surface area contributed by atoms with E-state index in [4.69, 9.17) is 5.11 Å². The van der Waals surface area contributed by atoms with Gasteiger partial charge in [-0.25, -0.2) is 0 Å². The molecule has 26 heavy (non-hydrogen) atoms. The first-order chi connectivity index (χ1) is 12.2. The lowest BCUT2D eigenvalue weighted by Gasteiger charge is -2.33. The van der Waals surface area contributed by atoms with Gasteiger partial charge in [0.2, 0.25) is 0 Å². The number of aliphatic hydroxyl groups excluding tert-OH is 1. The van der Waals surface area contributed by atoms with Crippen LogP contribution in [0.4, 0.5) is 0 Å². The van der Waals surface area contributed by atoms with Crippen LogP contribution in [0.2, 0.25) is 0 Å². The van der Waals surface area contributed by atoms with Crippen molar-refractivity contribution < 1.29 is 22.0 Å². The molecule has 0 aromatic carbocycles. The zero-order valence-electron chi connectivity index (χ0n) is 18.0. The lowest BCUT2D eigenvalue weighted by Crippen LogP contribution is -3.00.